The fourth-order valence-corrected chi connectivity index (χ4v) is 1.79. The summed E-state index contributed by atoms with van der Waals surface area (Å²) in [7, 11) is 3.22. The van der Waals surface area contributed by atoms with Crippen LogP contribution in [0.25, 0.3) is 0 Å². The number of rotatable bonds is 4. The second kappa shape index (κ2) is 5.12. The number of benzene rings is 1. The highest BCUT2D eigenvalue weighted by molar-refractivity contribution is 6.35. The van der Waals surface area contributed by atoms with Crippen molar-refractivity contribution in [2.24, 2.45) is 0 Å². The zero-order valence-corrected chi connectivity index (χ0v) is 10.2. The SMILES string of the molecule is CCNc1c(C)c(OC)cc(OC)c1Cl. The van der Waals surface area contributed by atoms with E-state index in [0.29, 0.717) is 10.8 Å². The predicted molar refractivity (Wildman–Crippen MR) is 63.5 cm³/mol. The van der Waals surface area contributed by atoms with Gasteiger partial charge < -0.3 is 14.8 Å². The van der Waals surface area contributed by atoms with Crippen LogP contribution in [0, 0.1) is 6.92 Å². The Bertz CT molecular complexity index is 325. The second-order valence-electron chi connectivity index (χ2n) is 3.13. The molecule has 0 radical (unpaired) electrons. The molecular weight excluding hydrogens is 214 g/mol. The van der Waals surface area contributed by atoms with Gasteiger partial charge in [-0.3, -0.25) is 0 Å². The highest BCUT2D eigenvalue weighted by atomic mass is 35.5. The first-order valence-corrected chi connectivity index (χ1v) is 5.18. The summed E-state index contributed by atoms with van der Waals surface area (Å²) in [4.78, 5) is 0. The molecule has 3 nitrogen and oxygen atoms in total. The first-order valence-electron chi connectivity index (χ1n) is 4.80. The van der Waals surface area contributed by atoms with E-state index in [1.165, 1.54) is 0 Å². The number of ether oxygens (including phenoxy) is 2. The molecule has 15 heavy (non-hydrogen) atoms. The minimum absolute atomic E-state index is 0.595. The lowest BCUT2D eigenvalue weighted by Crippen LogP contribution is -2.02. The molecule has 0 aromatic heterocycles. The molecule has 0 aliphatic heterocycles. The van der Waals surface area contributed by atoms with Crippen LogP contribution in [-0.4, -0.2) is 20.8 Å². The van der Waals surface area contributed by atoms with Crippen LogP contribution >= 0.6 is 11.6 Å². The average Bonchev–Trinajstić information content (AvgIpc) is 2.25. The summed E-state index contributed by atoms with van der Waals surface area (Å²) in [5.74, 6) is 1.39. The van der Waals surface area contributed by atoms with Crippen molar-refractivity contribution in [3.63, 3.8) is 0 Å². The quantitative estimate of drug-likeness (QED) is 0.861. The number of hydrogen-bond donors (Lipinski definition) is 1. The van der Waals surface area contributed by atoms with Gasteiger partial charge in [-0.1, -0.05) is 11.6 Å². The topological polar surface area (TPSA) is 30.5 Å². The molecule has 0 spiro atoms. The van der Waals surface area contributed by atoms with Gasteiger partial charge in [-0.2, -0.15) is 0 Å². The summed E-state index contributed by atoms with van der Waals surface area (Å²) in [6, 6.07) is 1.79. The summed E-state index contributed by atoms with van der Waals surface area (Å²) in [5, 5.41) is 3.80. The molecule has 0 saturated heterocycles. The van der Waals surface area contributed by atoms with Gasteiger partial charge in [0.25, 0.3) is 0 Å². The zero-order chi connectivity index (χ0) is 11.4. The van der Waals surface area contributed by atoms with Crippen molar-refractivity contribution in [2.75, 3.05) is 26.1 Å². The molecule has 0 atom stereocenters. The van der Waals surface area contributed by atoms with Crippen molar-refractivity contribution in [3.05, 3.63) is 16.7 Å². The van der Waals surface area contributed by atoms with Gasteiger partial charge in [0.15, 0.2) is 0 Å². The van der Waals surface area contributed by atoms with E-state index in [9.17, 15) is 0 Å². The molecule has 0 heterocycles. The summed E-state index contributed by atoms with van der Waals surface area (Å²) < 4.78 is 10.4. The molecule has 1 rings (SSSR count). The maximum Gasteiger partial charge on any atom is 0.143 e. The van der Waals surface area contributed by atoms with Gasteiger partial charge in [-0.25, -0.2) is 0 Å². The molecule has 1 aromatic rings. The Morgan fingerprint density at radius 1 is 1.27 bits per heavy atom. The van der Waals surface area contributed by atoms with Crippen LogP contribution in [-0.2, 0) is 0 Å². The number of nitrogens with one attached hydrogen (secondary N) is 1. The summed E-state index contributed by atoms with van der Waals surface area (Å²) >= 11 is 6.18. The van der Waals surface area contributed by atoms with E-state index in [1.54, 1.807) is 20.3 Å². The van der Waals surface area contributed by atoms with E-state index >= 15 is 0 Å². The lowest BCUT2D eigenvalue weighted by Gasteiger charge is -2.16. The Balaban J connectivity index is 3.32. The van der Waals surface area contributed by atoms with Gasteiger partial charge in [-0.05, 0) is 13.8 Å². The van der Waals surface area contributed by atoms with E-state index in [4.69, 9.17) is 21.1 Å². The van der Waals surface area contributed by atoms with Crippen molar-refractivity contribution in [1.29, 1.82) is 0 Å². The molecule has 0 aliphatic rings. The third-order valence-corrected chi connectivity index (χ3v) is 2.61. The second-order valence-corrected chi connectivity index (χ2v) is 3.50. The fraction of sp³-hybridized carbons (Fsp3) is 0.455. The summed E-state index contributed by atoms with van der Waals surface area (Å²) in [6.45, 7) is 4.78. The number of anilines is 1. The highest BCUT2D eigenvalue weighted by Crippen LogP contribution is 2.40. The summed E-state index contributed by atoms with van der Waals surface area (Å²) in [6.07, 6.45) is 0. The fourth-order valence-electron chi connectivity index (χ4n) is 1.45. The molecule has 4 heteroatoms. The normalized spacial score (nSPS) is 9.93. The molecule has 0 fully saturated rings. The van der Waals surface area contributed by atoms with Gasteiger partial charge in [0.2, 0.25) is 0 Å². The largest absolute Gasteiger partial charge is 0.496 e. The van der Waals surface area contributed by atoms with E-state index < -0.39 is 0 Å². The predicted octanol–water partition coefficient (Wildman–Crippen LogP) is 3.10. The van der Waals surface area contributed by atoms with Gasteiger partial charge in [0, 0.05) is 18.2 Å². The van der Waals surface area contributed by atoms with Crippen LogP contribution in [0.2, 0.25) is 5.02 Å². The van der Waals surface area contributed by atoms with Crippen molar-refractivity contribution in [2.45, 2.75) is 13.8 Å². The van der Waals surface area contributed by atoms with Crippen LogP contribution < -0.4 is 14.8 Å². The number of halogens is 1. The Morgan fingerprint density at radius 2 is 1.87 bits per heavy atom. The Hall–Kier alpha value is -1.09. The van der Waals surface area contributed by atoms with Gasteiger partial charge in [0.05, 0.1) is 19.9 Å². The minimum atomic E-state index is 0.595. The molecule has 0 amide bonds. The Labute approximate surface area is 95.3 Å². The monoisotopic (exact) mass is 229 g/mol. The standard InChI is InChI=1S/C11H16ClNO2/c1-5-13-11-7(2)8(14-3)6-9(15-4)10(11)12/h6,13H,5H2,1-4H3. The number of hydrogen-bond acceptors (Lipinski definition) is 3. The van der Waals surface area contributed by atoms with Crippen molar-refractivity contribution >= 4 is 17.3 Å². The molecule has 0 bridgehead atoms. The van der Waals surface area contributed by atoms with E-state index in [-0.39, 0.29) is 0 Å². The van der Waals surface area contributed by atoms with Crippen LogP contribution in [0.15, 0.2) is 6.07 Å². The number of methoxy groups -OCH3 is 2. The first-order chi connectivity index (χ1) is 7.15. The van der Waals surface area contributed by atoms with E-state index in [2.05, 4.69) is 5.32 Å². The lowest BCUT2D eigenvalue weighted by molar-refractivity contribution is 0.393. The van der Waals surface area contributed by atoms with Crippen molar-refractivity contribution in [1.82, 2.24) is 0 Å². The van der Waals surface area contributed by atoms with Crippen molar-refractivity contribution < 1.29 is 9.47 Å². The molecule has 0 saturated carbocycles. The van der Waals surface area contributed by atoms with Crippen LogP contribution in [0.4, 0.5) is 5.69 Å². The first kappa shape index (κ1) is 12.0. The highest BCUT2D eigenvalue weighted by Gasteiger charge is 2.14. The third-order valence-electron chi connectivity index (χ3n) is 2.24. The maximum atomic E-state index is 6.18. The Morgan fingerprint density at radius 3 is 2.33 bits per heavy atom. The lowest BCUT2D eigenvalue weighted by atomic mass is 10.1. The molecule has 0 unspecified atom stereocenters. The minimum Gasteiger partial charge on any atom is -0.496 e. The third kappa shape index (κ3) is 2.29. The molecule has 0 aliphatic carbocycles. The van der Waals surface area contributed by atoms with Crippen LogP contribution in [0.1, 0.15) is 12.5 Å². The molecule has 1 N–H and O–H groups in total. The average molecular weight is 230 g/mol. The van der Waals surface area contributed by atoms with Crippen LogP contribution in [0.5, 0.6) is 11.5 Å². The van der Waals surface area contributed by atoms with Crippen molar-refractivity contribution in [3.8, 4) is 11.5 Å². The van der Waals surface area contributed by atoms with Gasteiger partial charge >= 0.3 is 0 Å². The van der Waals surface area contributed by atoms with E-state index in [1.807, 2.05) is 13.8 Å². The Kier molecular flexibility index (Phi) is 4.09. The van der Waals surface area contributed by atoms with Crippen LogP contribution in [0.3, 0.4) is 0 Å². The zero-order valence-electron chi connectivity index (χ0n) is 9.48. The molecule has 84 valence electrons. The van der Waals surface area contributed by atoms with E-state index in [0.717, 1.165) is 23.5 Å². The molecule has 1 aromatic carbocycles. The molecular formula is C11H16ClNO2. The van der Waals surface area contributed by atoms with Gasteiger partial charge in [0.1, 0.15) is 16.5 Å². The smallest absolute Gasteiger partial charge is 0.143 e. The maximum absolute atomic E-state index is 6.18. The summed E-state index contributed by atoms with van der Waals surface area (Å²) in [5.41, 5.74) is 1.86. The van der Waals surface area contributed by atoms with Gasteiger partial charge in [-0.15, -0.1) is 0 Å².